The summed E-state index contributed by atoms with van der Waals surface area (Å²) in [4.78, 5) is 14.2. The largest absolute Gasteiger partial charge is 0.508 e. The molecule has 1 heterocycles. The van der Waals surface area contributed by atoms with Crippen molar-refractivity contribution >= 4 is 6.09 Å². The van der Waals surface area contributed by atoms with Crippen LogP contribution in [0.2, 0.25) is 0 Å². The van der Waals surface area contributed by atoms with Crippen LogP contribution in [0.3, 0.4) is 0 Å². The van der Waals surface area contributed by atoms with Gasteiger partial charge in [-0.15, -0.1) is 0 Å². The zero-order valence-corrected chi connectivity index (χ0v) is 16.8. The Labute approximate surface area is 181 Å². The highest BCUT2D eigenvalue weighted by Crippen LogP contribution is 2.43. The van der Waals surface area contributed by atoms with Gasteiger partial charge in [-0.25, -0.2) is 9.18 Å². The summed E-state index contributed by atoms with van der Waals surface area (Å²) in [5.74, 6) is -1.02. The lowest BCUT2D eigenvalue weighted by molar-refractivity contribution is -0.138. The highest BCUT2D eigenvalue weighted by Gasteiger charge is 2.40. The van der Waals surface area contributed by atoms with Gasteiger partial charge in [0.2, 0.25) is 0 Å². The molecular formula is C24H19F4NO3. The van der Waals surface area contributed by atoms with Gasteiger partial charge in [-0.3, -0.25) is 4.90 Å². The average Bonchev–Trinajstić information content (AvgIpc) is 2.78. The number of aromatic hydroxyl groups is 1. The van der Waals surface area contributed by atoms with E-state index in [2.05, 4.69) is 0 Å². The Balaban J connectivity index is 1.75. The van der Waals surface area contributed by atoms with E-state index in [0.717, 1.165) is 29.8 Å². The highest BCUT2D eigenvalue weighted by molar-refractivity contribution is 5.70. The van der Waals surface area contributed by atoms with E-state index >= 15 is 0 Å². The van der Waals surface area contributed by atoms with Gasteiger partial charge >= 0.3 is 12.3 Å². The van der Waals surface area contributed by atoms with E-state index < -0.39 is 29.7 Å². The highest BCUT2D eigenvalue weighted by atomic mass is 19.4. The smallest absolute Gasteiger partial charge is 0.416 e. The summed E-state index contributed by atoms with van der Waals surface area (Å²) in [6.45, 7) is -0.123. The van der Waals surface area contributed by atoms with Gasteiger partial charge in [0.25, 0.3) is 0 Å². The van der Waals surface area contributed by atoms with E-state index in [-0.39, 0.29) is 42.0 Å². The maximum Gasteiger partial charge on any atom is 0.416 e. The van der Waals surface area contributed by atoms with Crippen molar-refractivity contribution in [3.05, 3.63) is 100 Å². The van der Waals surface area contributed by atoms with Crippen LogP contribution in [-0.2, 0) is 23.9 Å². The van der Waals surface area contributed by atoms with Crippen molar-refractivity contribution in [2.75, 3.05) is 6.54 Å². The van der Waals surface area contributed by atoms with E-state index in [1.165, 1.54) is 17.0 Å². The molecule has 166 valence electrons. The standard InChI is InChI=1S/C24H19F4NO3/c25-16-9-10-21(30)19(13-16)22-18-7-4-8-20(24(26,27)28)17(18)11-12-29(22)23(31)32-14-15-5-2-1-3-6-15/h1-10,13,22,30H,11-12,14H2. The van der Waals surface area contributed by atoms with Crippen molar-refractivity contribution in [3.8, 4) is 5.75 Å². The number of phenolic OH excluding ortho intramolecular Hbond substituents is 1. The molecule has 0 spiro atoms. The Bertz CT molecular complexity index is 1130. The third-order valence-corrected chi connectivity index (χ3v) is 5.45. The van der Waals surface area contributed by atoms with Crippen molar-refractivity contribution in [1.82, 2.24) is 4.90 Å². The minimum absolute atomic E-state index is 0.0121. The molecule has 0 saturated carbocycles. The van der Waals surface area contributed by atoms with Crippen LogP contribution in [0.4, 0.5) is 22.4 Å². The van der Waals surface area contributed by atoms with Gasteiger partial charge in [0.05, 0.1) is 11.6 Å². The van der Waals surface area contributed by atoms with Crippen LogP contribution < -0.4 is 0 Å². The zero-order chi connectivity index (χ0) is 22.9. The second-order valence-corrected chi connectivity index (χ2v) is 7.46. The average molecular weight is 445 g/mol. The number of halogens is 4. The molecule has 1 aliphatic heterocycles. The van der Waals surface area contributed by atoms with Gasteiger partial charge < -0.3 is 9.84 Å². The lowest BCUT2D eigenvalue weighted by Gasteiger charge is -2.38. The van der Waals surface area contributed by atoms with E-state index in [9.17, 15) is 27.5 Å². The fourth-order valence-corrected chi connectivity index (χ4v) is 4.01. The summed E-state index contributed by atoms with van der Waals surface area (Å²) in [5, 5.41) is 10.4. The first-order chi connectivity index (χ1) is 15.3. The fraction of sp³-hybridized carbons (Fsp3) is 0.208. The molecule has 1 aliphatic rings. The first-order valence-corrected chi connectivity index (χ1v) is 9.90. The summed E-state index contributed by atoms with van der Waals surface area (Å²) in [7, 11) is 0. The number of carbonyl (C=O) groups excluding carboxylic acids is 1. The number of ether oxygens (including phenoxy) is 1. The molecule has 1 amide bonds. The number of alkyl halides is 3. The number of hydrogen-bond acceptors (Lipinski definition) is 3. The normalized spacial score (nSPS) is 15.9. The number of hydrogen-bond donors (Lipinski definition) is 1. The molecule has 0 radical (unpaired) electrons. The fourth-order valence-electron chi connectivity index (χ4n) is 4.01. The number of amides is 1. The maximum atomic E-state index is 14.0. The van der Waals surface area contributed by atoms with Crippen LogP contribution in [0.1, 0.15) is 33.9 Å². The molecule has 32 heavy (non-hydrogen) atoms. The van der Waals surface area contributed by atoms with E-state index in [4.69, 9.17) is 4.74 Å². The first-order valence-electron chi connectivity index (χ1n) is 9.90. The first kappa shape index (κ1) is 21.7. The Kier molecular flexibility index (Phi) is 5.78. The minimum atomic E-state index is -4.59. The van der Waals surface area contributed by atoms with Gasteiger partial charge in [0, 0.05) is 12.1 Å². The van der Waals surface area contributed by atoms with Crippen molar-refractivity contribution in [3.63, 3.8) is 0 Å². The van der Waals surface area contributed by atoms with Gasteiger partial charge in [-0.1, -0.05) is 42.5 Å². The molecule has 1 N–H and O–H groups in total. The van der Waals surface area contributed by atoms with Gasteiger partial charge in [-0.2, -0.15) is 13.2 Å². The van der Waals surface area contributed by atoms with Gasteiger partial charge in [-0.05, 0) is 47.4 Å². The van der Waals surface area contributed by atoms with Crippen LogP contribution >= 0.6 is 0 Å². The minimum Gasteiger partial charge on any atom is -0.508 e. The van der Waals surface area contributed by atoms with Crippen LogP contribution in [0.15, 0.2) is 66.7 Å². The maximum absolute atomic E-state index is 14.0. The molecule has 1 unspecified atom stereocenters. The van der Waals surface area contributed by atoms with Crippen LogP contribution in [0.25, 0.3) is 0 Å². The molecule has 0 aromatic heterocycles. The number of nitrogens with zero attached hydrogens (tertiary/aromatic N) is 1. The molecule has 4 nitrogen and oxygen atoms in total. The molecule has 0 bridgehead atoms. The summed E-state index contributed by atoms with van der Waals surface area (Å²) in [6.07, 6.45) is -5.42. The lowest BCUT2D eigenvalue weighted by atomic mass is 9.85. The summed E-state index contributed by atoms with van der Waals surface area (Å²) >= 11 is 0. The molecule has 0 aliphatic carbocycles. The number of phenols is 1. The van der Waals surface area contributed by atoms with E-state index in [1.807, 2.05) is 6.07 Å². The molecule has 8 heteroatoms. The third kappa shape index (κ3) is 4.26. The number of benzene rings is 3. The Morgan fingerprint density at radius 1 is 1.03 bits per heavy atom. The van der Waals surface area contributed by atoms with E-state index in [0.29, 0.717) is 0 Å². The quantitative estimate of drug-likeness (QED) is 0.516. The SMILES string of the molecule is O=C(OCc1ccccc1)N1CCc2c(cccc2C(F)(F)F)C1c1cc(F)ccc1O. The van der Waals surface area contributed by atoms with Crippen LogP contribution in [0.5, 0.6) is 5.75 Å². The lowest BCUT2D eigenvalue weighted by Crippen LogP contribution is -2.41. The summed E-state index contributed by atoms with van der Waals surface area (Å²) in [5.41, 5.74) is 0.0994. The van der Waals surface area contributed by atoms with Crippen molar-refractivity contribution in [1.29, 1.82) is 0 Å². The van der Waals surface area contributed by atoms with Gasteiger partial charge in [0.15, 0.2) is 0 Å². The van der Waals surface area contributed by atoms with Gasteiger partial charge in [0.1, 0.15) is 18.2 Å². The topological polar surface area (TPSA) is 49.8 Å². The van der Waals surface area contributed by atoms with Crippen molar-refractivity contribution in [2.24, 2.45) is 0 Å². The molecule has 1 atom stereocenters. The molecule has 3 aromatic rings. The monoisotopic (exact) mass is 445 g/mol. The second-order valence-electron chi connectivity index (χ2n) is 7.46. The Morgan fingerprint density at radius 3 is 2.50 bits per heavy atom. The molecule has 3 aromatic carbocycles. The third-order valence-electron chi connectivity index (χ3n) is 5.45. The second kappa shape index (κ2) is 8.53. The number of carbonyl (C=O) groups is 1. The number of rotatable bonds is 3. The van der Waals surface area contributed by atoms with Crippen molar-refractivity contribution in [2.45, 2.75) is 25.2 Å². The van der Waals surface area contributed by atoms with Crippen LogP contribution in [0, 0.1) is 5.82 Å². The van der Waals surface area contributed by atoms with Crippen molar-refractivity contribution < 1.29 is 32.2 Å². The molecule has 4 rings (SSSR count). The Morgan fingerprint density at radius 2 is 1.78 bits per heavy atom. The molecule has 0 saturated heterocycles. The summed E-state index contributed by atoms with van der Waals surface area (Å²) < 4.78 is 60.2. The molecule has 0 fully saturated rings. The zero-order valence-electron chi connectivity index (χ0n) is 16.8. The summed E-state index contributed by atoms with van der Waals surface area (Å²) in [6, 6.07) is 14.6. The number of fused-ring (bicyclic) bond motifs is 1. The Hall–Kier alpha value is -3.55. The predicted molar refractivity (Wildman–Crippen MR) is 108 cm³/mol. The predicted octanol–water partition coefficient (Wildman–Crippen LogP) is 5.83. The van der Waals surface area contributed by atoms with Crippen LogP contribution in [-0.4, -0.2) is 22.6 Å². The van der Waals surface area contributed by atoms with E-state index in [1.54, 1.807) is 24.3 Å². The molecular weight excluding hydrogens is 426 g/mol.